The van der Waals surface area contributed by atoms with Crippen LogP contribution in [-0.2, 0) is 23.1 Å². The monoisotopic (exact) mass is 299 g/mol. The highest BCUT2D eigenvalue weighted by Crippen LogP contribution is 2.22. The number of carbonyl (C=O) groups is 3. The first kappa shape index (κ1) is 14.0. The normalized spacial score (nSPS) is 13.4. The van der Waals surface area contributed by atoms with Crippen LogP contribution < -0.4 is 0 Å². The van der Waals surface area contributed by atoms with E-state index >= 15 is 0 Å². The molecule has 0 unspecified atom stereocenters. The quantitative estimate of drug-likeness (QED) is 0.790. The topological polar surface area (TPSA) is 81.5 Å². The van der Waals surface area contributed by atoms with E-state index in [0.29, 0.717) is 11.5 Å². The van der Waals surface area contributed by atoms with Crippen molar-refractivity contribution in [2.45, 2.75) is 12.8 Å². The number of hydroxylamine groups is 2. The zero-order valence-electron chi connectivity index (χ0n) is 11.9. The van der Waals surface area contributed by atoms with E-state index in [-0.39, 0.29) is 17.5 Å². The van der Waals surface area contributed by atoms with E-state index in [1.54, 1.807) is 36.1 Å². The van der Waals surface area contributed by atoms with Crippen molar-refractivity contribution in [3.05, 3.63) is 53.3 Å². The average Bonchev–Trinajstić information content (AvgIpc) is 3.03. The molecule has 1 aromatic carbocycles. The van der Waals surface area contributed by atoms with E-state index in [1.807, 2.05) is 0 Å². The summed E-state index contributed by atoms with van der Waals surface area (Å²) in [6.07, 6.45) is 2.09. The number of rotatable bonds is 4. The number of aryl methyl sites for hydroxylation is 2. The van der Waals surface area contributed by atoms with Crippen molar-refractivity contribution in [1.29, 1.82) is 0 Å². The Balaban J connectivity index is 1.64. The minimum Gasteiger partial charge on any atom is -0.330 e. The zero-order valence-corrected chi connectivity index (χ0v) is 11.9. The molecule has 1 aromatic heterocycles. The van der Waals surface area contributed by atoms with Crippen molar-refractivity contribution in [1.82, 2.24) is 14.8 Å². The molecular formula is C15H13N3O4. The van der Waals surface area contributed by atoms with E-state index in [4.69, 9.17) is 4.84 Å². The first-order chi connectivity index (χ1) is 10.6. The van der Waals surface area contributed by atoms with E-state index < -0.39 is 17.8 Å². The summed E-state index contributed by atoms with van der Waals surface area (Å²) in [6.45, 7) is 0. The number of hydrogen-bond acceptors (Lipinski definition) is 5. The van der Waals surface area contributed by atoms with Gasteiger partial charge in [-0.1, -0.05) is 17.2 Å². The molecule has 7 nitrogen and oxygen atoms in total. The van der Waals surface area contributed by atoms with Crippen LogP contribution in [0.15, 0.2) is 36.5 Å². The van der Waals surface area contributed by atoms with Gasteiger partial charge in [0.05, 0.1) is 17.5 Å². The van der Waals surface area contributed by atoms with E-state index in [1.165, 1.54) is 12.1 Å². The van der Waals surface area contributed by atoms with Gasteiger partial charge in [0.2, 0.25) is 0 Å². The van der Waals surface area contributed by atoms with Gasteiger partial charge in [-0.05, 0) is 24.6 Å². The lowest BCUT2D eigenvalue weighted by molar-refractivity contribution is -0.168. The van der Waals surface area contributed by atoms with Gasteiger partial charge in [-0.25, -0.2) is 4.79 Å². The number of hydrogen-bond donors (Lipinski definition) is 0. The molecule has 0 atom stereocenters. The maximum Gasteiger partial charge on any atom is 0.333 e. The second kappa shape index (κ2) is 5.44. The van der Waals surface area contributed by atoms with Crippen molar-refractivity contribution in [2.75, 3.05) is 0 Å². The number of nitrogens with zero attached hydrogens (tertiary/aromatic N) is 3. The van der Waals surface area contributed by atoms with Crippen LogP contribution in [0.4, 0.5) is 0 Å². The Labute approximate surface area is 126 Å². The predicted molar refractivity (Wildman–Crippen MR) is 74.6 cm³/mol. The molecule has 2 aromatic rings. The van der Waals surface area contributed by atoms with Crippen LogP contribution in [0.1, 0.15) is 32.8 Å². The maximum atomic E-state index is 12.0. The molecule has 0 spiro atoms. The molecule has 1 aliphatic heterocycles. The van der Waals surface area contributed by atoms with Crippen molar-refractivity contribution in [3.63, 3.8) is 0 Å². The minimum absolute atomic E-state index is 0.0486. The molecule has 0 aliphatic carbocycles. The molecule has 1 aliphatic rings. The highest BCUT2D eigenvalue weighted by atomic mass is 16.7. The molecular weight excluding hydrogens is 286 g/mol. The van der Waals surface area contributed by atoms with Gasteiger partial charge >= 0.3 is 5.97 Å². The highest BCUT2D eigenvalue weighted by Gasteiger charge is 2.38. The summed E-state index contributed by atoms with van der Waals surface area (Å²) < 4.78 is 1.65. The number of amides is 2. The zero-order chi connectivity index (χ0) is 15.7. The summed E-state index contributed by atoms with van der Waals surface area (Å²) in [5, 5.41) is 4.52. The third kappa shape index (κ3) is 2.37. The van der Waals surface area contributed by atoms with Crippen molar-refractivity contribution >= 4 is 17.8 Å². The first-order valence-corrected chi connectivity index (χ1v) is 6.73. The van der Waals surface area contributed by atoms with Crippen LogP contribution in [0.2, 0.25) is 0 Å². The highest BCUT2D eigenvalue weighted by molar-refractivity contribution is 6.20. The molecule has 0 fully saturated rings. The van der Waals surface area contributed by atoms with Crippen LogP contribution in [0.25, 0.3) is 0 Å². The molecule has 22 heavy (non-hydrogen) atoms. The lowest BCUT2D eigenvalue weighted by Gasteiger charge is -2.12. The van der Waals surface area contributed by atoms with Gasteiger partial charge in [-0.2, -0.15) is 5.10 Å². The number of aromatic nitrogens is 2. The summed E-state index contributed by atoms with van der Waals surface area (Å²) in [5.41, 5.74) is 1.35. The third-order valence-corrected chi connectivity index (χ3v) is 3.46. The fraction of sp³-hybridized carbons (Fsp3) is 0.200. The van der Waals surface area contributed by atoms with E-state index in [2.05, 4.69) is 5.10 Å². The number of carbonyl (C=O) groups excluding carboxylic acids is 3. The van der Waals surface area contributed by atoms with Gasteiger partial charge in [-0.3, -0.25) is 14.3 Å². The summed E-state index contributed by atoms with van der Waals surface area (Å²) in [6, 6.07) is 8.14. The summed E-state index contributed by atoms with van der Waals surface area (Å²) in [5.74, 6) is -1.88. The Morgan fingerprint density at radius 3 is 2.32 bits per heavy atom. The van der Waals surface area contributed by atoms with Crippen molar-refractivity contribution < 1.29 is 19.2 Å². The van der Waals surface area contributed by atoms with E-state index in [9.17, 15) is 14.4 Å². The van der Waals surface area contributed by atoms with Gasteiger partial charge in [0.25, 0.3) is 11.8 Å². The third-order valence-electron chi connectivity index (χ3n) is 3.46. The number of imide groups is 1. The molecule has 3 rings (SSSR count). The number of benzene rings is 1. The Bertz CT molecular complexity index is 731. The molecule has 2 amide bonds. The Morgan fingerprint density at radius 1 is 1.14 bits per heavy atom. The van der Waals surface area contributed by atoms with Gasteiger partial charge in [0.1, 0.15) is 0 Å². The minimum atomic E-state index is -0.643. The van der Waals surface area contributed by atoms with Crippen LogP contribution >= 0.6 is 0 Å². The Hall–Kier alpha value is -2.96. The molecule has 2 heterocycles. The molecule has 0 radical (unpaired) electrons. The average molecular weight is 299 g/mol. The lowest BCUT2D eigenvalue weighted by atomic mass is 10.1. The largest absolute Gasteiger partial charge is 0.333 e. The van der Waals surface area contributed by atoms with E-state index in [0.717, 1.165) is 5.69 Å². The molecule has 0 bridgehead atoms. The van der Waals surface area contributed by atoms with Gasteiger partial charge in [-0.15, -0.1) is 0 Å². The maximum absolute atomic E-state index is 12.0. The standard InChI is InChI=1S/C15H13N3O4/c1-17-10(8-9-16-17)6-7-13(19)22-18-14(20)11-4-2-3-5-12(11)15(18)21/h2-5,8-9H,6-7H2,1H3. The molecule has 0 saturated carbocycles. The molecule has 7 heteroatoms. The lowest BCUT2D eigenvalue weighted by Crippen LogP contribution is -2.32. The molecule has 112 valence electrons. The smallest absolute Gasteiger partial charge is 0.330 e. The van der Waals surface area contributed by atoms with Gasteiger partial charge in [0.15, 0.2) is 0 Å². The van der Waals surface area contributed by atoms with Gasteiger partial charge in [0, 0.05) is 18.9 Å². The van der Waals surface area contributed by atoms with Crippen molar-refractivity contribution in [2.24, 2.45) is 7.05 Å². The van der Waals surface area contributed by atoms with Gasteiger partial charge < -0.3 is 4.84 Å². The van der Waals surface area contributed by atoms with Crippen molar-refractivity contribution in [3.8, 4) is 0 Å². The Kier molecular flexibility index (Phi) is 3.46. The summed E-state index contributed by atoms with van der Waals surface area (Å²) in [7, 11) is 1.77. The van der Waals surface area contributed by atoms with Crippen LogP contribution in [0, 0.1) is 0 Å². The predicted octanol–water partition coefficient (Wildman–Crippen LogP) is 1.11. The second-order valence-corrected chi connectivity index (χ2v) is 4.86. The molecule has 0 saturated heterocycles. The second-order valence-electron chi connectivity index (χ2n) is 4.86. The summed E-state index contributed by atoms with van der Waals surface area (Å²) in [4.78, 5) is 40.9. The summed E-state index contributed by atoms with van der Waals surface area (Å²) >= 11 is 0. The fourth-order valence-corrected chi connectivity index (χ4v) is 2.27. The van der Waals surface area contributed by atoms with Crippen LogP contribution in [0.3, 0.4) is 0 Å². The fourth-order valence-electron chi connectivity index (χ4n) is 2.27. The first-order valence-electron chi connectivity index (χ1n) is 6.73. The Morgan fingerprint density at radius 2 is 1.77 bits per heavy atom. The number of fused-ring (bicyclic) bond motifs is 1. The van der Waals surface area contributed by atoms with Crippen LogP contribution in [0.5, 0.6) is 0 Å². The molecule has 0 N–H and O–H groups in total. The van der Waals surface area contributed by atoms with Crippen LogP contribution in [-0.4, -0.2) is 32.6 Å². The SMILES string of the molecule is Cn1nccc1CCC(=O)ON1C(=O)c2ccccc2C1=O.